The molecule has 0 radical (unpaired) electrons. The Balaban J connectivity index is 2.07. The second-order valence-electron chi connectivity index (χ2n) is 5.61. The van der Waals surface area contributed by atoms with Crippen LogP contribution in [0.15, 0.2) is 30.6 Å². The van der Waals surface area contributed by atoms with Gasteiger partial charge in [-0.25, -0.2) is 8.78 Å². The zero-order chi connectivity index (χ0) is 16.6. The minimum atomic E-state index is -0.701. The Morgan fingerprint density at radius 1 is 1.22 bits per heavy atom. The third-order valence-corrected chi connectivity index (χ3v) is 4.02. The van der Waals surface area contributed by atoms with Gasteiger partial charge in [0.05, 0.1) is 17.2 Å². The number of aldehydes is 1. The van der Waals surface area contributed by atoms with E-state index in [1.807, 2.05) is 4.90 Å². The molecule has 1 aliphatic heterocycles. The lowest BCUT2D eigenvalue weighted by Gasteiger charge is -2.41. The highest BCUT2D eigenvalue weighted by molar-refractivity contribution is 5.94. The topological polar surface area (TPSA) is 50.3 Å². The number of benzene rings is 1. The highest BCUT2D eigenvalue weighted by Gasteiger charge is 2.33. The molecule has 3 rings (SSSR count). The van der Waals surface area contributed by atoms with E-state index in [0.29, 0.717) is 41.8 Å². The van der Waals surface area contributed by atoms with Gasteiger partial charge in [-0.1, -0.05) is 0 Å². The Bertz CT molecular complexity index is 766. The van der Waals surface area contributed by atoms with Crippen LogP contribution >= 0.6 is 0 Å². The van der Waals surface area contributed by atoms with Crippen molar-refractivity contribution in [2.75, 3.05) is 18.0 Å². The number of hydrogen-bond donors (Lipinski definition) is 0. The van der Waals surface area contributed by atoms with E-state index < -0.39 is 11.6 Å². The van der Waals surface area contributed by atoms with Crippen molar-refractivity contribution in [2.45, 2.75) is 6.92 Å². The summed E-state index contributed by atoms with van der Waals surface area (Å²) in [5, 5.41) is 0. The molecule has 1 saturated heterocycles. The van der Waals surface area contributed by atoms with Gasteiger partial charge in [-0.3, -0.25) is 14.6 Å². The average Bonchev–Trinajstić information content (AvgIpc) is 2.44. The third-order valence-electron chi connectivity index (χ3n) is 4.02. The van der Waals surface area contributed by atoms with Crippen LogP contribution in [0.2, 0.25) is 0 Å². The van der Waals surface area contributed by atoms with E-state index in [1.54, 1.807) is 0 Å². The van der Waals surface area contributed by atoms with E-state index in [-0.39, 0.29) is 11.7 Å². The summed E-state index contributed by atoms with van der Waals surface area (Å²) in [6.45, 7) is 2.48. The fourth-order valence-electron chi connectivity index (χ4n) is 2.75. The lowest BCUT2D eigenvalue weighted by atomic mass is 9.92. The number of hydrogen-bond acceptors (Lipinski definition) is 4. The fraction of sp³-hybridized carbons (Fsp3) is 0.235. The van der Waals surface area contributed by atoms with E-state index >= 15 is 0 Å². The molecule has 118 valence electrons. The minimum Gasteiger partial charge on any atom is -0.369 e. The zero-order valence-corrected chi connectivity index (χ0v) is 12.4. The number of carbonyl (C=O) groups excluding carboxylic acids is 2. The third kappa shape index (κ3) is 2.84. The van der Waals surface area contributed by atoms with Gasteiger partial charge in [0.1, 0.15) is 17.4 Å². The number of pyridine rings is 1. The van der Waals surface area contributed by atoms with Crippen LogP contribution in [0, 0.1) is 17.6 Å². The molecule has 1 aliphatic rings. The molecule has 2 aromatic rings. The van der Waals surface area contributed by atoms with E-state index in [4.69, 9.17) is 0 Å². The second-order valence-corrected chi connectivity index (χ2v) is 5.61. The van der Waals surface area contributed by atoms with Crippen LogP contribution in [0.1, 0.15) is 17.3 Å². The van der Waals surface area contributed by atoms with Gasteiger partial charge in [0, 0.05) is 37.1 Å². The van der Waals surface area contributed by atoms with Crippen LogP contribution in [0.4, 0.5) is 14.5 Å². The maximum absolute atomic E-state index is 13.5. The van der Waals surface area contributed by atoms with Gasteiger partial charge in [0.15, 0.2) is 6.29 Å². The van der Waals surface area contributed by atoms with Crippen molar-refractivity contribution in [3.63, 3.8) is 0 Å². The number of nitrogens with zero attached hydrogens (tertiary/aromatic N) is 2. The SMILES string of the molecule is CC(=O)C1CN(c2c(C=O)cncc2-c2cc(F)cc(F)c2)C1. The lowest BCUT2D eigenvalue weighted by Crippen LogP contribution is -2.50. The first-order chi connectivity index (χ1) is 11.0. The molecule has 23 heavy (non-hydrogen) atoms. The van der Waals surface area contributed by atoms with Crippen molar-refractivity contribution in [1.82, 2.24) is 4.98 Å². The van der Waals surface area contributed by atoms with Gasteiger partial charge in [-0.15, -0.1) is 0 Å². The zero-order valence-electron chi connectivity index (χ0n) is 12.4. The molecule has 0 aliphatic carbocycles. The maximum Gasteiger partial charge on any atom is 0.153 e. The van der Waals surface area contributed by atoms with Crippen molar-refractivity contribution in [1.29, 1.82) is 0 Å². The Kier molecular flexibility index (Phi) is 3.90. The number of anilines is 1. The molecule has 2 heterocycles. The van der Waals surface area contributed by atoms with Crippen LogP contribution in [-0.2, 0) is 4.79 Å². The van der Waals surface area contributed by atoms with Gasteiger partial charge >= 0.3 is 0 Å². The first kappa shape index (κ1) is 15.3. The summed E-state index contributed by atoms with van der Waals surface area (Å²) in [7, 11) is 0. The molecule has 0 spiro atoms. The Morgan fingerprint density at radius 3 is 2.43 bits per heavy atom. The smallest absolute Gasteiger partial charge is 0.153 e. The molecular formula is C17H14F2N2O2. The van der Waals surface area contributed by atoms with Crippen LogP contribution < -0.4 is 4.90 Å². The van der Waals surface area contributed by atoms with Gasteiger partial charge in [-0.05, 0) is 24.6 Å². The Hall–Kier alpha value is -2.63. The lowest BCUT2D eigenvalue weighted by molar-refractivity contribution is -0.121. The number of carbonyl (C=O) groups is 2. The standard InChI is InChI=1S/C17H14F2N2O2/c1-10(23)13-7-21(8-13)17-12(9-22)5-20-6-16(17)11-2-14(18)4-15(19)3-11/h2-6,9,13H,7-8H2,1H3. The fourth-order valence-corrected chi connectivity index (χ4v) is 2.75. The normalized spacial score (nSPS) is 14.5. The van der Waals surface area contributed by atoms with Crippen molar-refractivity contribution >= 4 is 17.8 Å². The summed E-state index contributed by atoms with van der Waals surface area (Å²) in [4.78, 5) is 28.6. The van der Waals surface area contributed by atoms with Gasteiger partial charge in [-0.2, -0.15) is 0 Å². The van der Waals surface area contributed by atoms with E-state index in [0.717, 1.165) is 6.07 Å². The number of Topliss-reactive ketones (excluding diaryl/α,β-unsaturated/α-hetero) is 1. The summed E-state index contributed by atoms with van der Waals surface area (Å²) in [5.74, 6) is -1.40. The summed E-state index contributed by atoms with van der Waals surface area (Å²) < 4.78 is 27.0. The van der Waals surface area contributed by atoms with E-state index in [9.17, 15) is 18.4 Å². The molecule has 0 amide bonds. The molecular weight excluding hydrogens is 302 g/mol. The molecule has 0 atom stereocenters. The molecule has 0 saturated carbocycles. The first-order valence-corrected chi connectivity index (χ1v) is 7.14. The number of halogens is 2. The largest absolute Gasteiger partial charge is 0.369 e. The Labute approximate surface area is 131 Å². The van der Waals surface area contributed by atoms with Gasteiger partial charge in [0.2, 0.25) is 0 Å². The van der Waals surface area contributed by atoms with E-state index in [2.05, 4.69) is 4.98 Å². The van der Waals surface area contributed by atoms with Crippen molar-refractivity contribution < 1.29 is 18.4 Å². The predicted octanol–water partition coefficient (Wildman–Crippen LogP) is 2.86. The van der Waals surface area contributed by atoms with Gasteiger partial charge < -0.3 is 4.90 Å². The minimum absolute atomic E-state index is 0.0836. The van der Waals surface area contributed by atoms with Crippen LogP contribution in [0.3, 0.4) is 0 Å². The Morgan fingerprint density at radius 2 is 1.87 bits per heavy atom. The highest BCUT2D eigenvalue weighted by Crippen LogP contribution is 2.37. The van der Waals surface area contributed by atoms with Crippen LogP contribution in [0.25, 0.3) is 11.1 Å². The number of rotatable bonds is 4. The van der Waals surface area contributed by atoms with Crippen LogP contribution in [0.5, 0.6) is 0 Å². The van der Waals surface area contributed by atoms with Crippen LogP contribution in [-0.4, -0.2) is 30.1 Å². The monoisotopic (exact) mass is 316 g/mol. The molecule has 1 aromatic carbocycles. The number of aromatic nitrogens is 1. The molecule has 0 unspecified atom stereocenters. The van der Waals surface area contributed by atoms with Gasteiger partial charge in [0.25, 0.3) is 0 Å². The van der Waals surface area contributed by atoms with Crippen molar-refractivity contribution in [2.24, 2.45) is 5.92 Å². The molecule has 4 nitrogen and oxygen atoms in total. The average molecular weight is 316 g/mol. The van der Waals surface area contributed by atoms with E-state index in [1.165, 1.54) is 31.5 Å². The maximum atomic E-state index is 13.5. The number of ketones is 1. The van der Waals surface area contributed by atoms with Crippen molar-refractivity contribution in [3.05, 3.63) is 47.8 Å². The quantitative estimate of drug-likeness (QED) is 0.814. The molecule has 0 bridgehead atoms. The molecule has 1 aromatic heterocycles. The summed E-state index contributed by atoms with van der Waals surface area (Å²) >= 11 is 0. The summed E-state index contributed by atoms with van der Waals surface area (Å²) in [6, 6.07) is 3.18. The second kappa shape index (κ2) is 5.87. The summed E-state index contributed by atoms with van der Waals surface area (Å²) in [6.07, 6.45) is 3.53. The summed E-state index contributed by atoms with van der Waals surface area (Å²) in [5.41, 5.74) is 1.65. The molecule has 6 heteroatoms. The van der Waals surface area contributed by atoms with Crippen molar-refractivity contribution in [3.8, 4) is 11.1 Å². The first-order valence-electron chi connectivity index (χ1n) is 7.14. The highest BCUT2D eigenvalue weighted by atomic mass is 19.1. The molecule has 1 fully saturated rings. The predicted molar refractivity (Wildman–Crippen MR) is 81.4 cm³/mol. The molecule has 0 N–H and O–H groups in total.